The highest BCUT2D eigenvalue weighted by Gasteiger charge is 2.41. The van der Waals surface area contributed by atoms with Crippen LogP contribution in [0.4, 0.5) is 9.18 Å². The summed E-state index contributed by atoms with van der Waals surface area (Å²) >= 11 is 0. The monoisotopic (exact) mass is 340 g/mol. The van der Waals surface area contributed by atoms with Crippen molar-refractivity contribution in [1.29, 1.82) is 0 Å². The molecule has 0 saturated heterocycles. The van der Waals surface area contributed by atoms with Gasteiger partial charge in [0, 0.05) is 6.54 Å². The number of hydrogen-bond donors (Lipinski definition) is 1. The fourth-order valence-corrected chi connectivity index (χ4v) is 3.36. The number of carbonyl (C=O) groups is 1. The number of rotatable bonds is 3. The normalized spacial score (nSPS) is 20.7. The molecule has 2 aromatic rings. The Kier molecular flexibility index (Phi) is 3.96. The number of hydrogen-bond acceptors (Lipinski definition) is 3. The Morgan fingerprint density at radius 1 is 1.20 bits per heavy atom. The lowest BCUT2D eigenvalue weighted by atomic mass is 9.88. The van der Waals surface area contributed by atoms with Crippen LogP contribution in [0.5, 0.6) is 0 Å². The van der Waals surface area contributed by atoms with Crippen LogP contribution < -0.4 is 5.73 Å². The van der Waals surface area contributed by atoms with Gasteiger partial charge in [0.15, 0.2) is 0 Å². The maximum Gasteiger partial charge on any atom is 0.410 e. The molecule has 1 atom stereocenters. The van der Waals surface area contributed by atoms with E-state index in [0.717, 1.165) is 30.4 Å². The number of benzene rings is 2. The Morgan fingerprint density at radius 3 is 2.64 bits per heavy atom. The second-order valence-electron chi connectivity index (χ2n) is 7.01. The Bertz CT molecular complexity index is 787. The first-order chi connectivity index (χ1) is 12.1. The summed E-state index contributed by atoms with van der Waals surface area (Å²) in [5, 5.41) is 0. The fraction of sp³-hybridized carbons (Fsp3) is 0.350. The van der Waals surface area contributed by atoms with Crippen LogP contribution in [0, 0.1) is 5.82 Å². The molecule has 4 nitrogen and oxygen atoms in total. The van der Waals surface area contributed by atoms with Gasteiger partial charge in [0.05, 0.1) is 11.6 Å². The highest BCUT2D eigenvalue weighted by Crippen LogP contribution is 2.36. The van der Waals surface area contributed by atoms with E-state index in [1.54, 1.807) is 17.0 Å². The van der Waals surface area contributed by atoms with E-state index in [1.165, 1.54) is 17.7 Å². The molecule has 1 unspecified atom stereocenters. The van der Waals surface area contributed by atoms with Gasteiger partial charge >= 0.3 is 6.09 Å². The molecule has 25 heavy (non-hydrogen) atoms. The maximum atomic E-state index is 13.3. The molecule has 0 aromatic heterocycles. The highest BCUT2D eigenvalue weighted by molar-refractivity contribution is 5.70. The fourth-order valence-electron chi connectivity index (χ4n) is 3.36. The molecule has 1 aliphatic heterocycles. The third kappa shape index (κ3) is 3.24. The van der Waals surface area contributed by atoms with Crippen molar-refractivity contribution in [3.05, 3.63) is 71.0 Å². The first-order valence-corrected chi connectivity index (χ1v) is 8.61. The van der Waals surface area contributed by atoms with E-state index in [0.29, 0.717) is 6.54 Å². The number of ether oxygens (including phenoxy) is 1. The molecule has 2 aromatic carbocycles. The van der Waals surface area contributed by atoms with Gasteiger partial charge in [0.1, 0.15) is 12.4 Å². The third-order valence-corrected chi connectivity index (χ3v) is 5.08. The zero-order valence-electron chi connectivity index (χ0n) is 14.0. The predicted molar refractivity (Wildman–Crippen MR) is 92.6 cm³/mol. The average Bonchev–Trinajstić information content (AvgIpc) is 3.37. The van der Waals surface area contributed by atoms with Crippen molar-refractivity contribution < 1.29 is 13.9 Å². The lowest BCUT2D eigenvalue weighted by Gasteiger charge is -2.37. The van der Waals surface area contributed by atoms with E-state index in [1.807, 2.05) is 18.2 Å². The van der Waals surface area contributed by atoms with Gasteiger partial charge in [-0.3, -0.25) is 4.90 Å². The molecule has 0 bridgehead atoms. The summed E-state index contributed by atoms with van der Waals surface area (Å²) in [5.74, 6) is -0.291. The molecule has 130 valence electrons. The summed E-state index contributed by atoms with van der Waals surface area (Å²) < 4.78 is 18.8. The first kappa shape index (κ1) is 16.1. The Balaban J connectivity index is 1.65. The van der Waals surface area contributed by atoms with Crippen molar-refractivity contribution in [2.75, 3.05) is 13.2 Å². The molecule has 2 N–H and O–H groups in total. The Morgan fingerprint density at radius 2 is 1.92 bits per heavy atom. The summed E-state index contributed by atoms with van der Waals surface area (Å²) in [6, 6.07) is 14.1. The van der Waals surface area contributed by atoms with Crippen LogP contribution in [0.3, 0.4) is 0 Å². The minimum atomic E-state index is -0.361. The van der Waals surface area contributed by atoms with Gasteiger partial charge in [-0.1, -0.05) is 36.4 Å². The van der Waals surface area contributed by atoms with Crippen LogP contribution in [0.1, 0.15) is 35.6 Å². The van der Waals surface area contributed by atoms with Crippen LogP contribution >= 0.6 is 0 Å². The number of carbonyl (C=O) groups excluding carboxylic acids is 1. The van der Waals surface area contributed by atoms with Crippen molar-refractivity contribution >= 4 is 6.09 Å². The molecule has 1 saturated carbocycles. The van der Waals surface area contributed by atoms with Crippen molar-refractivity contribution in [1.82, 2.24) is 4.90 Å². The molecule has 1 aliphatic carbocycles. The van der Waals surface area contributed by atoms with Gasteiger partial charge in [-0.2, -0.15) is 0 Å². The second-order valence-corrected chi connectivity index (χ2v) is 7.01. The second kappa shape index (κ2) is 6.15. The SMILES string of the molecule is NC1(COC(=O)N2CCc3ccccc3C2c2ccc(F)cc2)CC1. The van der Waals surface area contributed by atoms with Gasteiger partial charge in [0.25, 0.3) is 0 Å². The number of amides is 1. The smallest absolute Gasteiger partial charge is 0.410 e. The van der Waals surface area contributed by atoms with E-state index in [-0.39, 0.29) is 30.1 Å². The summed E-state index contributed by atoms with van der Waals surface area (Å²) in [7, 11) is 0. The van der Waals surface area contributed by atoms with Crippen LogP contribution in [0.15, 0.2) is 48.5 Å². The third-order valence-electron chi connectivity index (χ3n) is 5.08. The molecular formula is C20H21FN2O2. The average molecular weight is 340 g/mol. The number of fused-ring (bicyclic) bond motifs is 1. The predicted octanol–water partition coefficient (Wildman–Crippen LogP) is 3.40. The maximum absolute atomic E-state index is 13.3. The molecule has 0 spiro atoms. The van der Waals surface area contributed by atoms with Gasteiger partial charge in [0.2, 0.25) is 0 Å². The van der Waals surface area contributed by atoms with E-state index in [4.69, 9.17) is 10.5 Å². The van der Waals surface area contributed by atoms with Crippen LogP contribution in [-0.2, 0) is 11.2 Å². The van der Waals surface area contributed by atoms with Crippen molar-refractivity contribution in [3.63, 3.8) is 0 Å². The number of halogens is 1. The molecule has 2 aliphatic rings. The van der Waals surface area contributed by atoms with Gasteiger partial charge < -0.3 is 10.5 Å². The zero-order valence-corrected chi connectivity index (χ0v) is 14.0. The lowest BCUT2D eigenvalue weighted by Crippen LogP contribution is -2.42. The van der Waals surface area contributed by atoms with Gasteiger partial charge in [-0.15, -0.1) is 0 Å². The van der Waals surface area contributed by atoms with Crippen LogP contribution in [-0.4, -0.2) is 29.7 Å². The number of nitrogens with two attached hydrogens (primary N) is 1. The summed E-state index contributed by atoms with van der Waals surface area (Å²) in [5.41, 5.74) is 8.83. The minimum Gasteiger partial charge on any atom is -0.447 e. The van der Waals surface area contributed by atoms with E-state index in [9.17, 15) is 9.18 Å². The molecule has 0 radical (unpaired) electrons. The van der Waals surface area contributed by atoms with E-state index < -0.39 is 0 Å². The zero-order chi connectivity index (χ0) is 17.4. The first-order valence-electron chi connectivity index (χ1n) is 8.61. The van der Waals surface area contributed by atoms with Crippen LogP contribution in [0.25, 0.3) is 0 Å². The molecule has 1 fully saturated rings. The van der Waals surface area contributed by atoms with Crippen LogP contribution in [0.2, 0.25) is 0 Å². The van der Waals surface area contributed by atoms with Crippen molar-refractivity contribution in [3.8, 4) is 0 Å². The lowest BCUT2D eigenvalue weighted by molar-refractivity contribution is 0.0822. The quantitative estimate of drug-likeness (QED) is 0.932. The van der Waals surface area contributed by atoms with E-state index in [2.05, 4.69) is 6.07 Å². The molecule has 5 heteroatoms. The molecule has 1 amide bonds. The number of nitrogens with zero attached hydrogens (tertiary/aromatic N) is 1. The summed E-state index contributed by atoms with van der Waals surface area (Å²) in [4.78, 5) is 14.4. The largest absolute Gasteiger partial charge is 0.447 e. The molecule has 1 heterocycles. The highest BCUT2D eigenvalue weighted by atomic mass is 19.1. The summed E-state index contributed by atoms with van der Waals surface area (Å²) in [6.07, 6.45) is 2.20. The Hall–Kier alpha value is -2.40. The topological polar surface area (TPSA) is 55.6 Å². The van der Waals surface area contributed by atoms with Crippen molar-refractivity contribution in [2.45, 2.75) is 30.8 Å². The molecular weight excluding hydrogens is 319 g/mol. The van der Waals surface area contributed by atoms with E-state index >= 15 is 0 Å². The minimum absolute atomic E-state index is 0.250. The van der Waals surface area contributed by atoms with Gasteiger partial charge in [-0.25, -0.2) is 9.18 Å². The summed E-state index contributed by atoms with van der Waals surface area (Å²) in [6.45, 7) is 0.815. The standard InChI is InChI=1S/C20H21FN2O2/c21-16-7-5-15(6-8-16)18-17-4-2-1-3-14(17)9-12-23(18)19(24)25-13-20(22)10-11-20/h1-8,18H,9-13,22H2. The van der Waals surface area contributed by atoms with Crippen molar-refractivity contribution in [2.24, 2.45) is 5.73 Å². The van der Waals surface area contributed by atoms with Gasteiger partial charge in [-0.05, 0) is 48.1 Å². The molecule has 4 rings (SSSR count). The Labute approximate surface area is 146 Å².